The molecule has 1 aromatic rings. The highest BCUT2D eigenvalue weighted by molar-refractivity contribution is 6.74. The number of aromatic nitrogens is 2. The van der Waals surface area contributed by atoms with Gasteiger partial charge in [0.2, 0.25) is 0 Å². The number of hydrogen-bond donors (Lipinski definition) is 3. The first-order valence-electron chi connectivity index (χ1n) is 8.89. The van der Waals surface area contributed by atoms with E-state index in [0.717, 1.165) is 0 Å². The molecule has 0 bridgehead atoms. The van der Waals surface area contributed by atoms with Gasteiger partial charge in [-0.1, -0.05) is 20.8 Å². The van der Waals surface area contributed by atoms with Gasteiger partial charge in [0, 0.05) is 31.3 Å². The molecule has 3 unspecified atom stereocenters. The highest BCUT2D eigenvalue weighted by atomic mass is 28.4. The molecule has 9 nitrogen and oxygen atoms in total. The third kappa shape index (κ3) is 4.75. The highest BCUT2D eigenvalue weighted by Gasteiger charge is 2.49. The van der Waals surface area contributed by atoms with E-state index >= 15 is 0 Å². The van der Waals surface area contributed by atoms with Crippen LogP contribution in [0.2, 0.25) is 18.1 Å². The van der Waals surface area contributed by atoms with Gasteiger partial charge in [0.15, 0.2) is 8.32 Å². The third-order valence-corrected chi connectivity index (χ3v) is 10.0. The Kier molecular flexibility index (Phi) is 6.15. The van der Waals surface area contributed by atoms with Crippen molar-refractivity contribution in [2.45, 2.75) is 69.7 Å². The maximum Gasteiger partial charge on any atom is 0.330 e. The molecule has 1 aliphatic heterocycles. The molecule has 0 aliphatic carbocycles. The van der Waals surface area contributed by atoms with Gasteiger partial charge in [-0.2, -0.15) is 0 Å². The molecule has 152 valence electrons. The van der Waals surface area contributed by atoms with Crippen LogP contribution >= 0.6 is 0 Å². The fourth-order valence-corrected chi connectivity index (χ4v) is 3.73. The average Bonchev–Trinajstić information content (AvgIpc) is 2.87. The second kappa shape index (κ2) is 7.70. The molecule has 10 heteroatoms. The molecule has 3 atom stereocenters. The standard InChI is InChI=1S/C17H29N3O6Si/c1-16(2,3)27(4,5)25-11-12-17(23,7-8-18-24)10-14(26-12)20-9-6-13(21)19-15(20)22/h6,8-9,12,14,23-24H,7,10-11H2,1-5H3,(H,19,21,22)/b18-8+. The number of oxime groups is 1. The summed E-state index contributed by atoms with van der Waals surface area (Å²) in [6, 6.07) is 1.22. The Labute approximate surface area is 158 Å². The summed E-state index contributed by atoms with van der Waals surface area (Å²) in [5.41, 5.74) is -2.49. The van der Waals surface area contributed by atoms with Crippen molar-refractivity contribution in [3.8, 4) is 0 Å². The largest absolute Gasteiger partial charge is 0.414 e. The van der Waals surface area contributed by atoms with Crippen LogP contribution in [0.25, 0.3) is 0 Å². The fourth-order valence-electron chi connectivity index (χ4n) is 2.72. The van der Waals surface area contributed by atoms with Crippen LogP contribution in [-0.4, -0.2) is 52.7 Å². The van der Waals surface area contributed by atoms with Crippen molar-refractivity contribution >= 4 is 14.5 Å². The second-order valence-electron chi connectivity index (χ2n) is 8.48. The zero-order valence-corrected chi connectivity index (χ0v) is 17.4. The maximum atomic E-state index is 12.1. The lowest BCUT2D eigenvalue weighted by Crippen LogP contribution is -2.47. The predicted octanol–water partition coefficient (Wildman–Crippen LogP) is 1.43. The number of ether oxygens (including phenoxy) is 1. The van der Waals surface area contributed by atoms with Gasteiger partial charge in [-0.05, 0) is 18.1 Å². The van der Waals surface area contributed by atoms with Crippen LogP contribution in [0.3, 0.4) is 0 Å². The van der Waals surface area contributed by atoms with Crippen LogP contribution in [0, 0.1) is 0 Å². The van der Waals surface area contributed by atoms with Gasteiger partial charge >= 0.3 is 5.69 Å². The molecule has 2 heterocycles. The topological polar surface area (TPSA) is 126 Å². The molecule has 1 saturated heterocycles. The minimum atomic E-state index is -2.08. The summed E-state index contributed by atoms with van der Waals surface area (Å²) in [5, 5.41) is 22.8. The van der Waals surface area contributed by atoms with E-state index in [2.05, 4.69) is 44.0 Å². The van der Waals surface area contributed by atoms with Crippen molar-refractivity contribution in [1.29, 1.82) is 0 Å². The summed E-state index contributed by atoms with van der Waals surface area (Å²) in [6.45, 7) is 10.7. The lowest BCUT2D eigenvalue weighted by Gasteiger charge is -2.38. The van der Waals surface area contributed by atoms with Gasteiger partial charge in [-0.15, -0.1) is 5.16 Å². The number of rotatable bonds is 6. The second-order valence-corrected chi connectivity index (χ2v) is 13.3. The number of nitrogens with zero attached hydrogens (tertiary/aromatic N) is 2. The number of H-pyrrole nitrogens is 1. The first kappa shape index (κ1) is 21.5. The van der Waals surface area contributed by atoms with Gasteiger partial charge < -0.3 is 19.5 Å². The van der Waals surface area contributed by atoms with E-state index in [9.17, 15) is 14.7 Å². The molecule has 1 fully saturated rings. The van der Waals surface area contributed by atoms with E-state index < -0.39 is 37.5 Å². The van der Waals surface area contributed by atoms with Crippen molar-refractivity contribution < 1.29 is 19.5 Å². The van der Waals surface area contributed by atoms with Crippen LogP contribution in [0.1, 0.15) is 39.8 Å². The van der Waals surface area contributed by atoms with Crippen molar-refractivity contribution in [3.63, 3.8) is 0 Å². The van der Waals surface area contributed by atoms with Crippen LogP contribution < -0.4 is 11.2 Å². The van der Waals surface area contributed by atoms with Crippen molar-refractivity contribution in [2.24, 2.45) is 5.16 Å². The summed E-state index contributed by atoms with van der Waals surface area (Å²) in [7, 11) is -2.08. The maximum absolute atomic E-state index is 12.1. The SMILES string of the molecule is CC(C)(C)[Si](C)(C)OCC1OC(n2ccc(=O)[nH]c2=O)CC1(O)C/C=N/O. The van der Waals surface area contributed by atoms with Gasteiger partial charge in [-0.25, -0.2) is 4.79 Å². The van der Waals surface area contributed by atoms with Crippen LogP contribution in [0.4, 0.5) is 0 Å². The summed E-state index contributed by atoms with van der Waals surface area (Å²) in [4.78, 5) is 25.5. The first-order chi connectivity index (χ1) is 12.4. The Morgan fingerprint density at radius 2 is 2.15 bits per heavy atom. The van der Waals surface area contributed by atoms with Crippen LogP contribution in [-0.2, 0) is 9.16 Å². The van der Waals surface area contributed by atoms with E-state index in [1.165, 1.54) is 23.0 Å². The molecular weight excluding hydrogens is 370 g/mol. The van der Waals surface area contributed by atoms with Gasteiger partial charge in [-0.3, -0.25) is 14.3 Å². The minimum Gasteiger partial charge on any atom is -0.414 e. The monoisotopic (exact) mass is 399 g/mol. The van der Waals surface area contributed by atoms with Crippen LogP contribution in [0.15, 0.2) is 27.0 Å². The molecule has 0 amide bonds. The molecule has 0 aromatic carbocycles. The fraction of sp³-hybridized carbons (Fsp3) is 0.706. The molecule has 3 N–H and O–H groups in total. The summed E-state index contributed by atoms with van der Waals surface area (Å²) < 4.78 is 13.4. The minimum absolute atomic E-state index is 0.00840. The lowest BCUT2D eigenvalue weighted by molar-refractivity contribution is -0.0769. The molecule has 0 spiro atoms. The lowest BCUT2D eigenvalue weighted by atomic mass is 9.92. The average molecular weight is 400 g/mol. The number of nitrogens with one attached hydrogen (secondary N) is 1. The molecule has 27 heavy (non-hydrogen) atoms. The van der Waals surface area contributed by atoms with Crippen molar-refractivity contribution in [2.75, 3.05) is 6.61 Å². The van der Waals surface area contributed by atoms with E-state index in [1.807, 2.05) is 0 Å². The zero-order chi connectivity index (χ0) is 20.5. The summed E-state index contributed by atoms with van der Waals surface area (Å²) in [6.07, 6.45) is 1.19. The van der Waals surface area contributed by atoms with E-state index in [-0.39, 0.29) is 24.5 Å². The zero-order valence-electron chi connectivity index (χ0n) is 16.4. The molecule has 2 rings (SSSR count). The smallest absolute Gasteiger partial charge is 0.330 e. The Morgan fingerprint density at radius 1 is 1.48 bits per heavy atom. The van der Waals surface area contributed by atoms with Crippen LogP contribution in [0.5, 0.6) is 0 Å². The van der Waals surface area contributed by atoms with E-state index in [0.29, 0.717) is 0 Å². The van der Waals surface area contributed by atoms with Crippen molar-refractivity contribution in [1.82, 2.24) is 9.55 Å². The molecule has 1 aliphatic rings. The molecule has 1 aromatic heterocycles. The molecular formula is C17H29N3O6Si. The Bertz CT molecular complexity index is 797. The first-order valence-corrected chi connectivity index (χ1v) is 11.8. The quantitative estimate of drug-likeness (QED) is 0.287. The van der Waals surface area contributed by atoms with E-state index in [1.54, 1.807) is 0 Å². The highest BCUT2D eigenvalue weighted by Crippen LogP contribution is 2.41. The van der Waals surface area contributed by atoms with Gasteiger partial charge in [0.25, 0.3) is 5.56 Å². The predicted molar refractivity (Wildman–Crippen MR) is 103 cm³/mol. The Morgan fingerprint density at radius 3 is 2.70 bits per heavy atom. The number of aromatic amines is 1. The molecule has 0 saturated carbocycles. The normalized spacial score (nSPS) is 26.7. The summed E-state index contributed by atoms with van der Waals surface area (Å²) >= 11 is 0. The van der Waals surface area contributed by atoms with Crippen molar-refractivity contribution in [3.05, 3.63) is 33.1 Å². The third-order valence-electron chi connectivity index (χ3n) is 5.54. The van der Waals surface area contributed by atoms with Gasteiger partial charge in [0.05, 0.1) is 6.61 Å². The Hall–Kier alpha value is -1.75. The Balaban J connectivity index is 2.25. The van der Waals surface area contributed by atoms with Gasteiger partial charge in [0.1, 0.15) is 17.9 Å². The summed E-state index contributed by atoms with van der Waals surface area (Å²) in [5.74, 6) is 0. The number of hydrogen-bond acceptors (Lipinski definition) is 7. The number of aliphatic hydroxyl groups is 1. The van der Waals surface area contributed by atoms with E-state index in [4.69, 9.17) is 14.4 Å². The molecule has 0 radical (unpaired) electrons.